The molecule has 30 heavy (non-hydrogen) atoms. The summed E-state index contributed by atoms with van der Waals surface area (Å²) in [6.45, 7) is 0.336. The lowest BCUT2D eigenvalue weighted by atomic mass is 9.91. The number of aromatic amines is 1. The number of H-pyrrole nitrogens is 1. The van der Waals surface area contributed by atoms with Gasteiger partial charge in [0.25, 0.3) is 5.91 Å². The number of fused-ring (bicyclic) bond motifs is 1. The summed E-state index contributed by atoms with van der Waals surface area (Å²) in [4.78, 5) is 16.2. The molecule has 3 aromatic carbocycles. The molecule has 1 amide bonds. The summed E-state index contributed by atoms with van der Waals surface area (Å²) in [6, 6.07) is 24.3. The van der Waals surface area contributed by atoms with E-state index in [4.69, 9.17) is 0 Å². The number of hydrogen-bond acceptors (Lipinski definition) is 3. The van der Waals surface area contributed by atoms with Gasteiger partial charge in [0.05, 0.1) is 10.5 Å². The summed E-state index contributed by atoms with van der Waals surface area (Å²) in [5, 5.41) is 4.04. The SMILES string of the molecule is CS(=O)(=O)c1ccccc1C(=O)NCC(c1ccccc1)c1c[nH]c2ccccc12. The molecule has 0 aliphatic heterocycles. The van der Waals surface area contributed by atoms with Crippen molar-refractivity contribution < 1.29 is 13.2 Å². The molecule has 6 heteroatoms. The molecule has 0 saturated heterocycles. The minimum Gasteiger partial charge on any atom is -0.361 e. The van der Waals surface area contributed by atoms with E-state index in [-0.39, 0.29) is 16.4 Å². The van der Waals surface area contributed by atoms with E-state index in [0.717, 1.165) is 28.3 Å². The zero-order chi connectivity index (χ0) is 21.1. The van der Waals surface area contributed by atoms with Gasteiger partial charge in [-0.3, -0.25) is 4.79 Å². The second kappa shape index (κ2) is 8.16. The maximum absolute atomic E-state index is 12.9. The first-order valence-electron chi connectivity index (χ1n) is 9.63. The monoisotopic (exact) mass is 418 g/mol. The van der Waals surface area contributed by atoms with E-state index in [2.05, 4.69) is 16.4 Å². The van der Waals surface area contributed by atoms with Crippen LogP contribution in [0.2, 0.25) is 0 Å². The van der Waals surface area contributed by atoms with Crippen molar-refractivity contribution in [2.24, 2.45) is 0 Å². The molecule has 0 aliphatic carbocycles. The summed E-state index contributed by atoms with van der Waals surface area (Å²) < 4.78 is 24.1. The molecule has 5 nitrogen and oxygen atoms in total. The number of aromatic nitrogens is 1. The fourth-order valence-corrected chi connectivity index (χ4v) is 4.63. The van der Waals surface area contributed by atoms with Crippen molar-refractivity contribution in [2.75, 3.05) is 12.8 Å². The van der Waals surface area contributed by atoms with Gasteiger partial charge in [0, 0.05) is 35.8 Å². The molecule has 0 aliphatic rings. The van der Waals surface area contributed by atoms with Crippen LogP contribution in [0.3, 0.4) is 0 Å². The molecule has 4 aromatic rings. The third kappa shape index (κ3) is 4.00. The first-order valence-corrected chi connectivity index (χ1v) is 11.5. The average Bonchev–Trinajstić information content (AvgIpc) is 3.18. The van der Waals surface area contributed by atoms with Crippen LogP contribution in [0.15, 0.2) is 90.0 Å². The lowest BCUT2D eigenvalue weighted by Gasteiger charge is -2.19. The van der Waals surface area contributed by atoms with Gasteiger partial charge in [-0.25, -0.2) is 8.42 Å². The van der Waals surface area contributed by atoms with Crippen LogP contribution in [0.4, 0.5) is 0 Å². The van der Waals surface area contributed by atoms with E-state index >= 15 is 0 Å². The Kier molecular flexibility index (Phi) is 5.42. The van der Waals surface area contributed by atoms with Crippen LogP contribution in [-0.2, 0) is 9.84 Å². The fourth-order valence-electron chi connectivity index (χ4n) is 3.74. The molecule has 1 unspecified atom stereocenters. The lowest BCUT2D eigenvalue weighted by molar-refractivity contribution is 0.0949. The van der Waals surface area contributed by atoms with Crippen LogP contribution in [0.25, 0.3) is 10.9 Å². The van der Waals surface area contributed by atoms with Crippen LogP contribution in [0, 0.1) is 0 Å². The highest BCUT2D eigenvalue weighted by Crippen LogP contribution is 2.30. The number of rotatable bonds is 6. The zero-order valence-electron chi connectivity index (χ0n) is 16.5. The Hall–Kier alpha value is -3.38. The highest BCUT2D eigenvalue weighted by molar-refractivity contribution is 7.90. The van der Waals surface area contributed by atoms with Crippen molar-refractivity contribution in [1.29, 1.82) is 0 Å². The van der Waals surface area contributed by atoms with Gasteiger partial charge in [-0.15, -0.1) is 0 Å². The van der Waals surface area contributed by atoms with Gasteiger partial charge in [0.1, 0.15) is 0 Å². The van der Waals surface area contributed by atoms with Gasteiger partial charge in [-0.05, 0) is 29.3 Å². The van der Waals surface area contributed by atoms with Crippen LogP contribution in [0.5, 0.6) is 0 Å². The topological polar surface area (TPSA) is 79.0 Å². The van der Waals surface area contributed by atoms with Crippen LogP contribution in [-0.4, -0.2) is 32.1 Å². The van der Waals surface area contributed by atoms with Crippen molar-refractivity contribution in [3.63, 3.8) is 0 Å². The summed E-state index contributed by atoms with van der Waals surface area (Å²) in [7, 11) is -3.51. The maximum Gasteiger partial charge on any atom is 0.252 e. The zero-order valence-corrected chi connectivity index (χ0v) is 17.3. The van der Waals surface area contributed by atoms with E-state index in [0.29, 0.717) is 6.54 Å². The van der Waals surface area contributed by atoms with Crippen LogP contribution < -0.4 is 5.32 Å². The van der Waals surface area contributed by atoms with Crippen molar-refractivity contribution in [2.45, 2.75) is 10.8 Å². The summed E-state index contributed by atoms with van der Waals surface area (Å²) in [6.07, 6.45) is 3.08. The molecule has 2 N–H and O–H groups in total. The van der Waals surface area contributed by atoms with Gasteiger partial charge in [0.15, 0.2) is 9.84 Å². The molecule has 152 valence electrons. The standard InChI is InChI=1S/C24H22N2O3S/c1-30(28,29)23-14-8-6-12-19(23)24(27)26-15-20(17-9-3-2-4-10-17)21-16-25-22-13-7-5-11-18(21)22/h2-14,16,20,25H,15H2,1H3,(H,26,27). The van der Waals surface area contributed by atoms with Gasteiger partial charge in [0.2, 0.25) is 0 Å². The first kappa shape index (κ1) is 19.9. The fraction of sp³-hybridized carbons (Fsp3) is 0.125. The molecule has 4 rings (SSSR count). The van der Waals surface area contributed by atoms with Crippen LogP contribution >= 0.6 is 0 Å². The Morgan fingerprint density at radius 3 is 2.37 bits per heavy atom. The molecule has 0 radical (unpaired) electrons. The third-order valence-corrected chi connectivity index (χ3v) is 6.35. The predicted molar refractivity (Wildman–Crippen MR) is 118 cm³/mol. The number of para-hydroxylation sites is 1. The number of sulfone groups is 1. The predicted octanol–water partition coefficient (Wildman–Crippen LogP) is 4.13. The third-order valence-electron chi connectivity index (χ3n) is 5.20. The molecular weight excluding hydrogens is 396 g/mol. The number of hydrogen-bond donors (Lipinski definition) is 2. The number of carbonyl (C=O) groups excluding carboxylic acids is 1. The van der Waals surface area contributed by atoms with E-state index in [1.54, 1.807) is 12.1 Å². The second-order valence-electron chi connectivity index (χ2n) is 7.23. The van der Waals surface area contributed by atoms with Gasteiger partial charge >= 0.3 is 0 Å². The molecule has 1 aromatic heterocycles. The largest absolute Gasteiger partial charge is 0.361 e. The molecule has 1 heterocycles. The van der Waals surface area contributed by atoms with Crippen LogP contribution in [0.1, 0.15) is 27.4 Å². The van der Waals surface area contributed by atoms with Crippen molar-refractivity contribution >= 4 is 26.6 Å². The summed E-state index contributed by atoms with van der Waals surface area (Å²) >= 11 is 0. The quantitative estimate of drug-likeness (QED) is 0.494. The minimum atomic E-state index is -3.51. The normalized spacial score (nSPS) is 12.6. The lowest BCUT2D eigenvalue weighted by Crippen LogP contribution is -2.30. The van der Waals surface area contributed by atoms with E-state index in [9.17, 15) is 13.2 Å². The van der Waals surface area contributed by atoms with E-state index in [1.807, 2.05) is 54.7 Å². The molecular formula is C24H22N2O3S. The number of nitrogens with one attached hydrogen (secondary N) is 2. The number of benzene rings is 3. The summed E-state index contributed by atoms with van der Waals surface area (Å²) in [5.74, 6) is -0.492. The van der Waals surface area contributed by atoms with Crippen molar-refractivity contribution in [1.82, 2.24) is 10.3 Å². The number of amides is 1. The average molecular weight is 419 g/mol. The van der Waals surface area contributed by atoms with Crippen molar-refractivity contribution in [3.05, 3.63) is 102 Å². The molecule has 0 fully saturated rings. The highest BCUT2D eigenvalue weighted by atomic mass is 32.2. The number of carbonyl (C=O) groups is 1. The molecule has 0 spiro atoms. The van der Waals surface area contributed by atoms with E-state index in [1.165, 1.54) is 12.1 Å². The highest BCUT2D eigenvalue weighted by Gasteiger charge is 2.22. The second-order valence-corrected chi connectivity index (χ2v) is 9.22. The van der Waals surface area contributed by atoms with Gasteiger partial charge < -0.3 is 10.3 Å². The Balaban J connectivity index is 1.67. The Morgan fingerprint density at radius 1 is 0.933 bits per heavy atom. The molecule has 0 saturated carbocycles. The Labute approximate surface area is 175 Å². The first-order chi connectivity index (χ1) is 14.4. The Morgan fingerprint density at radius 2 is 1.60 bits per heavy atom. The van der Waals surface area contributed by atoms with Crippen molar-refractivity contribution in [3.8, 4) is 0 Å². The van der Waals surface area contributed by atoms with Gasteiger partial charge in [-0.2, -0.15) is 0 Å². The van der Waals surface area contributed by atoms with Gasteiger partial charge in [-0.1, -0.05) is 60.7 Å². The minimum absolute atomic E-state index is 0.0332. The smallest absolute Gasteiger partial charge is 0.252 e. The summed E-state index contributed by atoms with van der Waals surface area (Å²) in [5.41, 5.74) is 3.33. The van der Waals surface area contributed by atoms with E-state index < -0.39 is 15.7 Å². The molecule has 0 bridgehead atoms. The Bertz CT molecular complexity index is 1290. The molecule has 1 atom stereocenters. The maximum atomic E-state index is 12.9.